The molecule has 2 aliphatic carbocycles. The summed E-state index contributed by atoms with van der Waals surface area (Å²) in [5.74, 6) is 0. The van der Waals surface area contributed by atoms with E-state index < -0.39 is 0 Å². The Bertz CT molecular complexity index is 392. The van der Waals surface area contributed by atoms with Crippen LogP contribution in [0.2, 0.25) is 0 Å². The molecule has 2 saturated carbocycles. The van der Waals surface area contributed by atoms with Crippen molar-refractivity contribution < 1.29 is 62.3 Å². The van der Waals surface area contributed by atoms with Crippen molar-refractivity contribution in [1.29, 1.82) is 0 Å². The first-order chi connectivity index (χ1) is 12.5. The van der Waals surface area contributed by atoms with Gasteiger partial charge in [0.15, 0.2) is 0 Å². The second kappa shape index (κ2) is 16.5. The molecule has 0 aromatic carbocycles. The normalized spacial score (nSPS) is 18.2. The van der Waals surface area contributed by atoms with Crippen molar-refractivity contribution >= 4 is 15.8 Å². The van der Waals surface area contributed by atoms with E-state index in [1.54, 1.807) is 0 Å². The summed E-state index contributed by atoms with van der Waals surface area (Å²) < 4.78 is 0. The maximum atomic E-state index is 2.45. The third kappa shape index (κ3) is 13.8. The minimum atomic E-state index is 0. The second-order valence-corrected chi connectivity index (χ2v) is 21.6. The predicted molar refractivity (Wildman–Crippen MR) is 137 cm³/mol. The molecule has 0 nitrogen and oxygen atoms in total. The van der Waals surface area contributed by atoms with Crippen molar-refractivity contribution in [2.24, 2.45) is 0 Å². The van der Waals surface area contributed by atoms with Gasteiger partial charge in [0.05, 0.1) is 0 Å². The standard InChI is InChI=1S/2C13H27P.2ClH.Fe.Pd/c2*1-12(2,3)14(13(4,5)6)11-9-7-8-10-11;;;;/h2*11H,7-10H2,1-6H3;2*1H;;/q;;;;;+2/p-2. The van der Waals surface area contributed by atoms with Crippen LogP contribution in [0, 0.1) is 0 Å². The van der Waals surface area contributed by atoms with Gasteiger partial charge in [-0.3, -0.25) is 0 Å². The van der Waals surface area contributed by atoms with Crippen molar-refractivity contribution in [2.75, 3.05) is 0 Å². The monoisotopic (exact) mass is 660 g/mol. The van der Waals surface area contributed by atoms with E-state index in [9.17, 15) is 0 Å². The number of halogens is 2. The van der Waals surface area contributed by atoms with Gasteiger partial charge in [0, 0.05) is 17.1 Å². The molecule has 0 aromatic rings. The SMILES string of the molecule is CC(C)(C)P(C1CCCC1)C(C)(C)C.CC(C)(C)P(C1CCCC1)C(C)(C)C.[Cl-].[Cl-].[Fe].[Pd+2]. The average molecular weight is 662 g/mol. The predicted octanol–water partition coefficient (Wildman–Crippen LogP) is 4.02. The zero-order valence-electron chi connectivity index (χ0n) is 23.1. The molecular formula is C26H54Cl2FeP2Pd. The van der Waals surface area contributed by atoms with Gasteiger partial charge in [0.2, 0.25) is 0 Å². The fraction of sp³-hybridized carbons (Fsp3) is 1.00. The van der Waals surface area contributed by atoms with Crippen LogP contribution in [0.3, 0.4) is 0 Å². The topological polar surface area (TPSA) is 0 Å². The van der Waals surface area contributed by atoms with Crippen molar-refractivity contribution in [3.05, 3.63) is 0 Å². The molecule has 0 saturated heterocycles. The molecule has 2 fully saturated rings. The number of hydrogen-bond donors (Lipinski definition) is 0. The molecule has 2 aliphatic rings. The van der Waals surface area contributed by atoms with Gasteiger partial charge in [-0.2, -0.15) is 0 Å². The molecule has 6 heteroatoms. The van der Waals surface area contributed by atoms with Crippen molar-refractivity contribution in [2.45, 2.75) is 166 Å². The van der Waals surface area contributed by atoms with Gasteiger partial charge >= 0.3 is 20.4 Å². The molecule has 32 heavy (non-hydrogen) atoms. The van der Waals surface area contributed by atoms with Crippen LogP contribution in [0.15, 0.2) is 0 Å². The molecule has 0 atom stereocenters. The van der Waals surface area contributed by atoms with Gasteiger partial charge < -0.3 is 24.8 Å². The quantitative estimate of drug-likeness (QED) is 0.310. The minimum absolute atomic E-state index is 0. The van der Waals surface area contributed by atoms with Crippen LogP contribution in [-0.4, -0.2) is 31.9 Å². The second-order valence-electron chi connectivity index (χ2n) is 13.3. The van der Waals surface area contributed by atoms with Crippen molar-refractivity contribution in [3.8, 4) is 0 Å². The van der Waals surface area contributed by atoms with Crippen LogP contribution in [0.1, 0.15) is 134 Å². The van der Waals surface area contributed by atoms with Crippen LogP contribution in [0.5, 0.6) is 0 Å². The van der Waals surface area contributed by atoms with E-state index >= 15 is 0 Å². The Morgan fingerprint density at radius 3 is 0.719 bits per heavy atom. The first-order valence-electron chi connectivity index (χ1n) is 12.0. The Kier molecular flexibility index (Phi) is 21.5. The molecule has 0 aliphatic heterocycles. The van der Waals surface area contributed by atoms with Gasteiger partial charge in [0.25, 0.3) is 0 Å². The van der Waals surface area contributed by atoms with Crippen LogP contribution in [-0.2, 0) is 37.5 Å². The van der Waals surface area contributed by atoms with Gasteiger partial charge in [0.1, 0.15) is 0 Å². The number of hydrogen-bond acceptors (Lipinski definition) is 0. The summed E-state index contributed by atoms with van der Waals surface area (Å²) >= 11 is 0. The Balaban J connectivity index is -0.000000218. The molecule has 0 radical (unpaired) electrons. The van der Waals surface area contributed by atoms with E-state index in [0.717, 1.165) is 11.3 Å². The molecule has 0 heterocycles. The van der Waals surface area contributed by atoms with E-state index in [2.05, 4.69) is 83.1 Å². The zero-order chi connectivity index (χ0) is 22.0. The van der Waals surface area contributed by atoms with Crippen LogP contribution in [0.4, 0.5) is 0 Å². The smallest absolute Gasteiger partial charge is 1.00 e. The van der Waals surface area contributed by atoms with Gasteiger partial charge in [-0.05, 0) is 57.6 Å². The van der Waals surface area contributed by atoms with Crippen LogP contribution in [0.25, 0.3) is 0 Å². The fourth-order valence-electron chi connectivity index (χ4n) is 6.53. The molecule has 0 N–H and O–H groups in total. The molecular weight excluding hydrogens is 607 g/mol. The third-order valence-corrected chi connectivity index (χ3v) is 14.5. The largest absolute Gasteiger partial charge is 2.00 e. The fourth-order valence-corrected chi connectivity index (χ4v) is 16.7. The minimum Gasteiger partial charge on any atom is -1.00 e. The van der Waals surface area contributed by atoms with Crippen LogP contribution < -0.4 is 24.8 Å². The van der Waals surface area contributed by atoms with Gasteiger partial charge in [-0.1, -0.05) is 125 Å². The summed E-state index contributed by atoms with van der Waals surface area (Å²) in [4.78, 5) is 0. The van der Waals surface area contributed by atoms with E-state index in [1.165, 1.54) is 51.4 Å². The Morgan fingerprint density at radius 1 is 0.438 bits per heavy atom. The molecule has 0 bridgehead atoms. The van der Waals surface area contributed by atoms with E-state index in [-0.39, 0.29) is 78.1 Å². The van der Waals surface area contributed by atoms with E-state index in [4.69, 9.17) is 0 Å². The maximum absolute atomic E-state index is 2.45. The van der Waals surface area contributed by atoms with Gasteiger partial charge in [-0.25, -0.2) is 0 Å². The summed E-state index contributed by atoms with van der Waals surface area (Å²) in [7, 11) is 0.312. The van der Waals surface area contributed by atoms with Gasteiger partial charge in [-0.15, -0.1) is 0 Å². The summed E-state index contributed by atoms with van der Waals surface area (Å²) in [6, 6.07) is 0. The summed E-state index contributed by atoms with van der Waals surface area (Å²) in [5.41, 5.74) is 2.09. The molecule has 0 aromatic heterocycles. The first kappa shape index (κ1) is 41.7. The summed E-state index contributed by atoms with van der Waals surface area (Å²) in [6.45, 7) is 29.4. The molecule has 0 spiro atoms. The number of rotatable bonds is 2. The Hall–Kier alpha value is 2.62. The van der Waals surface area contributed by atoms with E-state index in [1.807, 2.05) is 0 Å². The van der Waals surface area contributed by atoms with Crippen LogP contribution >= 0.6 is 15.8 Å². The van der Waals surface area contributed by atoms with Crippen molar-refractivity contribution in [3.63, 3.8) is 0 Å². The third-order valence-electron chi connectivity index (χ3n) is 6.27. The molecule has 2 rings (SSSR count). The van der Waals surface area contributed by atoms with E-state index in [0.29, 0.717) is 20.6 Å². The van der Waals surface area contributed by atoms with Crippen molar-refractivity contribution in [1.82, 2.24) is 0 Å². The molecule has 200 valence electrons. The summed E-state index contributed by atoms with van der Waals surface area (Å²) in [5, 5.41) is 2.12. The molecule has 0 unspecified atom stereocenters. The summed E-state index contributed by atoms with van der Waals surface area (Å²) in [6.07, 6.45) is 11.9. The Labute approximate surface area is 243 Å². The Morgan fingerprint density at radius 2 is 0.594 bits per heavy atom. The average Bonchev–Trinajstić information content (AvgIpc) is 3.06. The first-order valence-corrected chi connectivity index (χ1v) is 14.9. The molecule has 0 amide bonds. The maximum Gasteiger partial charge on any atom is 2.00 e. The zero-order valence-corrected chi connectivity index (χ0v) is 29.1.